The van der Waals surface area contributed by atoms with E-state index in [1.54, 1.807) is 45.0 Å². The summed E-state index contributed by atoms with van der Waals surface area (Å²) < 4.78 is 5.35. The molecular formula is C29H42N4O5. The predicted octanol–water partition coefficient (Wildman–Crippen LogP) is 3.56. The lowest BCUT2D eigenvalue weighted by Crippen LogP contribution is -2.54. The summed E-state index contributed by atoms with van der Waals surface area (Å²) in [5.41, 5.74) is 5.59. The maximum atomic E-state index is 14.0. The molecule has 208 valence electrons. The first-order valence-corrected chi connectivity index (χ1v) is 13.4. The number of alkyl carbamates (subject to hydrolysis) is 1. The highest BCUT2D eigenvalue weighted by Crippen LogP contribution is 2.28. The van der Waals surface area contributed by atoms with Crippen molar-refractivity contribution in [1.82, 2.24) is 15.5 Å². The highest BCUT2D eigenvalue weighted by atomic mass is 16.6. The number of nitrogens with zero attached hydrogens (tertiary/aromatic N) is 1. The van der Waals surface area contributed by atoms with E-state index >= 15 is 0 Å². The Kier molecular flexibility index (Phi) is 11.6. The zero-order chi connectivity index (χ0) is 28.3. The molecule has 1 aliphatic rings. The Balaban J connectivity index is 2.48. The molecule has 0 bridgehead atoms. The van der Waals surface area contributed by atoms with Crippen LogP contribution in [0.2, 0.25) is 0 Å². The molecule has 2 rings (SSSR count). The average Bonchev–Trinajstić information content (AvgIpc) is 2.85. The molecule has 0 spiro atoms. The standard InChI is InChI=1S/C29H42N4O5/c1-6-19-33(27(36)23(17-18-24(30)34)32-28(37)38-29(3,4)5)25(22-16-12-11-13-20(22)7-2)26(35)31-21-14-9-8-10-15-21/h2,11-13,16,21,23,25H,6,8-10,14-15,17-19H2,1,3-5H3,(H2,30,34)(H,31,35)(H,32,37). The summed E-state index contributed by atoms with van der Waals surface area (Å²) >= 11 is 0. The van der Waals surface area contributed by atoms with Crippen LogP contribution < -0.4 is 16.4 Å². The molecule has 2 atom stereocenters. The van der Waals surface area contributed by atoms with Crippen LogP contribution in [0.25, 0.3) is 0 Å². The normalized spacial score (nSPS) is 15.4. The minimum Gasteiger partial charge on any atom is -0.444 e. The maximum absolute atomic E-state index is 14.0. The minimum absolute atomic E-state index is 0.0147. The number of benzene rings is 1. The van der Waals surface area contributed by atoms with Gasteiger partial charge in [0.15, 0.2) is 0 Å². The van der Waals surface area contributed by atoms with E-state index in [2.05, 4.69) is 16.6 Å². The van der Waals surface area contributed by atoms with E-state index in [0.717, 1.165) is 32.1 Å². The molecule has 4 N–H and O–H groups in total. The van der Waals surface area contributed by atoms with E-state index in [-0.39, 0.29) is 31.3 Å². The summed E-state index contributed by atoms with van der Waals surface area (Å²) in [6.07, 6.45) is 10.3. The van der Waals surface area contributed by atoms with Crippen molar-refractivity contribution < 1.29 is 23.9 Å². The molecule has 9 heteroatoms. The number of nitrogens with two attached hydrogens (primary N) is 1. The molecule has 9 nitrogen and oxygen atoms in total. The van der Waals surface area contributed by atoms with E-state index in [1.165, 1.54) is 4.90 Å². The van der Waals surface area contributed by atoms with E-state index in [9.17, 15) is 19.2 Å². The zero-order valence-electron chi connectivity index (χ0n) is 23.0. The first-order chi connectivity index (χ1) is 18.0. The third-order valence-electron chi connectivity index (χ3n) is 6.34. The van der Waals surface area contributed by atoms with Crippen LogP contribution in [0.5, 0.6) is 0 Å². The molecule has 2 unspecified atom stereocenters. The number of primary amides is 1. The Bertz CT molecular complexity index is 1020. The second kappa shape index (κ2) is 14.4. The molecule has 38 heavy (non-hydrogen) atoms. The van der Waals surface area contributed by atoms with Crippen LogP contribution in [0.3, 0.4) is 0 Å². The SMILES string of the molecule is C#Cc1ccccc1C(C(=O)NC1CCCCC1)N(CCC)C(=O)C(CCC(N)=O)NC(=O)OC(C)(C)C. The third-order valence-corrected chi connectivity index (χ3v) is 6.34. The molecule has 4 amide bonds. The average molecular weight is 527 g/mol. The smallest absolute Gasteiger partial charge is 0.408 e. The summed E-state index contributed by atoms with van der Waals surface area (Å²) in [7, 11) is 0. The van der Waals surface area contributed by atoms with Crippen LogP contribution in [0.4, 0.5) is 4.79 Å². The molecule has 1 aromatic rings. The molecular weight excluding hydrogens is 484 g/mol. The predicted molar refractivity (Wildman–Crippen MR) is 146 cm³/mol. The number of hydrogen-bond donors (Lipinski definition) is 3. The Hall–Kier alpha value is -3.54. The van der Waals surface area contributed by atoms with Crippen molar-refractivity contribution in [3.05, 3.63) is 35.4 Å². The van der Waals surface area contributed by atoms with Gasteiger partial charge in [-0.2, -0.15) is 0 Å². The van der Waals surface area contributed by atoms with Gasteiger partial charge in [-0.3, -0.25) is 14.4 Å². The molecule has 1 aliphatic carbocycles. The Morgan fingerprint density at radius 3 is 2.39 bits per heavy atom. The molecule has 0 aromatic heterocycles. The first kappa shape index (κ1) is 30.7. The van der Waals surface area contributed by atoms with Gasteiger partial charge in [-0.15, -0.1) is 6.42 Å². The fourth-order valence-corrected chi connectivity index (χ4v) is 4.65. The molecule has 0 heterocycles. The van der Waals surface area contributed by atoms with Gasteiger partial charge in [0, 0.05) is 24.6 Å². The van der Waals surface area contributed by atoms with E-state index in [0.29, 0.717) is 17.5 Å². The highest BCUT2D eigenvalue weighted by Gasteiger charge is 2.37. The van der Waals surface area contributed by atoms with Gasteiger partial charge in [0.05, 0.1) is 0 Å². The van der Waals surface area contributed by atoms with Gasteiger partial charge in [-0.05, 0) is 58.1 Å². The van der Waals surface area contributed by atoms with Crippen LogP contribution >= 0.6 is 0 Å². The van der Waals surface area contributed by atoms with Crippen LogP contribution in [0.15, 0.2) is 24.3 Å². The summed E-state index contributed by atoms with van der Waals surface area (Å²) in [6, 6.07) is 4.89. The van der Waals surface area contributed by atoms with E-state index in [4.69, 9.17) is 16.9 Å². The van der Waals surface area contributed by atoms with Crippen molar-refractivity contribution in [2.24, 2.45) is 5.73 Å². The van der Waals surface area contributed by atoms with Gasteiger partial charge in [-0.25, -0.2) is 4.79 Å². The van der Waals surface area contributed by atoms with Crippen molar-refractivity contribution in [1.29, 1.82) is 0 Å². The third kappa shape index (κ3) is 9.40. The summed E-state index contributed by atoms with van der Waals surface area (Å²) in [5, 5.41) is 5.73. The van der Waals surface area contributed by atoms with E-state index < -0.39 is 35.6 Å². The minimum atomic E-state index is -1.13. The lowest BCUT2D eigenvalue weighted by Gasteiger charge is -2.36. The number of ether oxygens (including phenoxy) is 1. The molecule has 0 saturated heterocycles. The lowest BCUT2D eigenvalue weighted by molar-refractivity contribution is -0.143. The molecule has 1 aromatic carbocycles. The summed E-state index contributed by atoms with van der Waals surface area (Å²) in [6.45, 7) is 7.24. The zero-order valence-corrected chi connectivity index (χ0v) is 23.0. The largest absolute Gasteiger partial charge is 0.444 e. The fraction of sp³-hybridized carbons (Fsp3) is 0.586. The monoisotopic (exact) mass is 526 g/mol. The van der Waals surface area contributed by atoms with Crippen molar-refractivity contribution in [3.63, 3.8) is 0 Å². The second-order valence-corrected chi connectivity index (χ2v) is 10.7. The van der Waals surface area contributed by atoms with Crippen LogP contribution in [0.1, 0.15) is 96.2 Å². The Labute approximate surface area is 226 Å². The second-order valence-electron chi connectivity index (χ2n) is 10.7. The molecule has 1 fully saturated rings. The fourth-order valence-electron chi connectivity index (χ4n) is 4.65. The molecule has 0 radical (unpaired) electrons. The highest BCUT2D eigenvalue weighted by molar-refractivity contribution is 5.93. The summed E-state index contributed by atoms with van der Waals surface area (Å²) in [4.78, 5) is 53.5. The topological polar surface area (TPSA) is 131 Å². The van der Waals surface area contributed by atoms with Gasteiger partial charge in [0.2, 0.25) is 17.7 Å². The van der Waals surface area contributed by atoms with E-state index in [1.807, 2.05) is 6.92 Å². The molecule has 0 aliphatic heterocycles. The lowest BCUT2D eigenvalue weighted by atomic mass is 9.93. The Morgan fingerprint density at radius 1 is 1.16 bits per heavy atom. The number of amides is 4. The first-order valence-electron chi connectivity index (χ1n) is 13.4. The molecule has 1 saturated carbocycles. The number of carbonyl (C=O) groups is 4. The summed E-state index contributed by atoms with van der Waals surface area (Å²) in [5.74, 6) is 1.17. The van der Waals surface area contributed by atoms with Gasteiger partial charge in [0.1, 0.15) is 17.7 Å². The number of nitrogens with one attached hydrogen (secondary N) is 2. The quantitative estimate of drug-likeness (QED) is 0.380. The number of carbonyl (C=O) groups excluding carboxylic acids is 4. The number of rotatable bonds is 11. The maximum Gasteiger partial charge on any atom is 0.408 e. The van der Waals surface area contributed by atoms with Crippen molar-refractivity contribution in [2.75, 3.05) is 6.54 Å². The van der Waals surface area contributed by atoms with Gasteiger partial charge in [0.25, 0.3) is 0 Å². The van der Waals surface area contributed by atoms with Crippen molar-refractivity contribution >= 4 is 23.8 Å². The van der Waals surface area contributed by atoms with Gasteiger partial charge < -0.3 is 26.0 Å². The van der Waals surface area contributed by atoms with Gasteiger partial charge in [-0.1, -0.05) is 50.3 Å². The Morgan fingerprint density at radius 2 is 1.82 bits per heavy atom. The van der Waals surface area contributed by atoms with Crippen LogP contribution in [-0.2, 0) is 19.1 Å². The number of terminal acetylenes is 1. The number of hydrogen-bond acceptors (Lipinski definition) is 5. The van der Waals surface area contributed by atoms with Crippen LogP contribution in [-0.4, -0.2) is 52.9 Å². The van der Waals surface area contributed by atoms with Crippen LogP contribution in [0, 0.1) is 12.3 Å². The van der Waals surface area contributed by atoms with Crippen molar-refractivity contribution in [2.45, 2.75) is 103 Å². The van der Waals surface area contributed by atoms with Gasteiger partial charge >= 0.3 is 6.09 Å². The van der Waals surface area contributed by atoms with Crippen molar-refractivity contribution in [3.8, 4) is 12.3 Å².